The summed E-state index contributed by atoms with van der Waals surface area (Å²) in [5.41, 5.74) is 11.3. The van der Waals surface area contributed by atoms with Gasteiger partial charge in [0.1, 0.15) is 5.82 Å². The van der Waals surface area contributed by atoms with Gasteiger partial charge < -0.3 is 5.73 Å². The maximum absolute atomic E-state index is 5.81. The van der Waals surface area contributed by atoms with Crippen molar-refractivity contribution in [2.75, 3.05) is 5.73 Å². The lowest BCUT2D eigenvalue weighted by Crippen LogP contribution is -1.99. The highest BCUT2D eigenvalue weighted by atomic mass is 35.5. The molecule has 0 bridgehead atoms. The summed E-state index contributed by atoms with van der Waals surface area (Å²) in [7, 11) is 0. The summed E-state index contributed by atoms with van der Waals surface area (Å²) in [5, 5.41) is 1.15. The van der Waals surface area contributed by atoms with Crippen LogP contribution in [-0.4, -0.2) is 9.97 Å². The van der Waals surface area contributed by atoms with Crippen molar-refractivity contribution in [1.29, 1.82) is 0 Å². The number of hydrogen-bond acceptors (Lipinski definition) is 3. The summed E-state index contributed by atoms with van der Waals surface area (Å²) in [4.78, 5) is 9.02. The van der Waals surface area contributed by atoms with E-state index in [1.807, 2.05) is 18.3 Å². The van der Waals surface area contributed by atoms with Crippen molar-refractivity contribution in [3.05, 3.63) is 53.9 Å². The van der Waals surface area contributed by atoms with Crippen molar-refractivity contribution in [1.82, 2.24) is 9.97 Å². The van der Waals surface area contributed by atoms with Crippen LogP contribution in [0, 0.1) is 6.92 Å². The minimum Gasteiger partial charge on any atom is -0.384 e. The van der Waals surface area contributed by atoms with Crippen LogP contribution in [0.1, 0.15) is 18.2 Å². The van der Waals surface area contributed by atoms with E-state index in [1.54, 1.807) is 0 Å². The number of aromatic nitrogens is 2. The molecule has 108 valence electrons. The minimum absolute atomic E-state index is 0. The third-order valence-electron chi connectivity index (χ3n) is 3.58. The summed E-state index contributed by atoms with van der Waals surface area (Å²) in [6.45, 7) is 4.21. The van der Waals surface area contributed by atoms with Gasteiger partial charge in [0.05, 0.1) is 11.2 Å². The van der Waals surface area contributed by atoms with Gasteiger partial charge in [0, 0.05) is 22.7 Å². The van der Waals surface area contributed by atoms with Crippen LogP contribution in [0.2, 0.25) is 0 Å². The molecule has 0 atom stereocenters. The Balaban J connectivity index is 0.00000161. The third kappa shape index (κ3) is 2.69. The SMILES string of the molecule is CCc1nc(N)ccc1-c1c(C)ccc2cccnc12.Cl. The summed E-state index contributed by atoms with van der Waals surface area (Å²) < 4.78 is 0. The normalized spacial score (nSPS) is 10.4. The molecular weight excluding hydrogens is 282 g/mol. The summed E-state index contributed by atoms with van der Waals surface area (Å²) in [6.07, 6.45) is 2.69. The molecular formula is C17H18ClN3. The Morgan fingerprint density at radius 3 is 2.67 bits per heavy atom. The average Bonchev–Trinajstić information content (AvgIpc) is 2.48. The van der Waals surface area contributed by atoms with Crippen LogP contribution in [0.4, 0.5) is 5.82 Å². The molecule has 3 rings (SSSR count). The molecule has 3 nitrogen and oxygen atoms in total. The van der Waals surface area contributed by atoms with Gasteiger partial charge in [0.2, 0.25) is 0 Å². The van der Waals surface area contributed by atoms with E-state index >= 15 is 0 Å². The smallest absolute Gasteiger partial charge is 0.123 e. The maximum Gasteiger partial charge on any atom is 0.123 e. The quantitative estimate of drug-likeness (QED) is 0.772. The predicted molar refractivity (Wildman–Crippen MR) is 90.7 cm³/mol. The Hall–Kier alpha value is -2.13. The van der Waals surface area contributed by atoms with Crippen molar-refractivity contribution in [2.45, 2.75) is 20.3 Å². The number of rotatable bonds is 2. The number of halogens is 1. The van der Waals surface area contributed by atoms with Crippen LogP contribution in [0.25, 0.3) is 22.0 Å². The zero-order valence-electron chi connectivity index (χ0n) is 12.1. The third-order valence-corrected chi connectivity index (χ3v) is 3.58. The van der Waals surface area contributed by atoms with Gasteiger partial charge in [-0.15, -0.1) is 12.4 Å². The van der Waals surface area contributed by atoms with Crippen LogP contribution in [0.5, 0.6) is 0 Å². The number of nitrogen functional groups attached to an aromatic ring is 1. The number of hydrogen-bond donors (Lipinski definition) is 1. The van der Waals surface area contributed by atoms with Gasteiger partial charge in [-0.05, 0) is 37.1 Å². The van der Waals surface area contributed by atoms with Crippen molar-refractivity contribution in [3.8, 4) is 11.1 Å². The molecule has 0 fully saturated rings. The Morgan fingerprint density at radius 1 is 1.10 bits per heavy atom. The fourth-order valence-corrected chi connectivity index (χ4v) is 2.60. The topological polar surface area (TPSA) is 51.8 Å². The molecule has 0 saturated carbocycles. The molecule has 0 radical (unpaired) electrons. The molecule has 0 aliphatic rings. The highest BCUT2D eigenvalue weighted by molar-refractivity contribution is 5.95. The Labute approximate surface area is 130 Å². The molecule has 21 heavy (non-hydrogen) atoms. The van der Waals surface area contributed by atoms with Gasteiger partial charge >= 0.3 is 0 Å². The number of nitrogens with zero attached hydrogens (tertiary/aromatic N) is 2. The van der Waals surface area contributed by atoms with Gasteiger partial charge in [0.25, 0.3) is 0 Å². The average molecular weight is 300 g/mol. The fraction of sp³-hybridized carbons (Fsp3) is 0.176. The van der Waals surface area contributed by atoms with Gasteiger partial charge in [-0.2, -0.15) is 0 Å². The largest absolute Gasteiger partial charge is 0.384 e. The number of fused-ring (bicyclic) bond motifs is 1. The number of anilines is 1. The lowest BCUT2D eigenvalue weighted by atomic mass is 9.95. The summed E-state index contributed by atoms with van der Waals surface area (Å²) in [6, 6.07) is 12.2. The van der Waals surface area contributed by atoms with Crippen molar-refractivity contribution >= 4 is 29.1 Å². The number of nitrogens with two attached hydrogens (primary N) is 1. The molecule has 1 aromatic carbocycles. The fourth-order valence-electron chi connectivity index (χ4n) is 2.60. The molecule has 0 spiro atoms. The molecule has 3 aromatic rings. The van der Waals surface area contributed by atoms with E-state index in [1.165, 1.54) is 5.56 Å². The molecule has 2 heterocycles. The van der Waals surface area contributed by atoms with Gasteiger partial charge in [0.15, 0.2) is 0 Å². The van der Waals surface area contributed by atoms with Gasteiger partial charge in [-0.25, -0.2) is 4.98 Å². The molecule has 0 amide bonds. The van der Waals surface area contributed by atoms with E-state index in [0.717, 1.165) is 34.1 Å². The Morgan fingerprint density at radius 2 is 1.90 bits per heavy atom. The second-order valence-electron chi connectivity index (χ2n) is 4.92. The lowest BCUT2D eigenvalue weighted by molar-refractivity contribution is 1.04. The highest BCUT2D eigenvalue weighted by Gasteiger charge is 2.12. The second-order valence-corrected chi connectivity index (χ2v) is 4.92. The van der Waals surface area contributed by atoms with E-state index in [-0.39, 0.29) is 12.4 Å². The zero-order valence-corrected chi connectivity index (χ0v) is 12.9. The first-order chi connectivity index (χ1) is 9.70. The van der Waals surface area contributed by atoms with Crippen molar-refractivity contribution in [2.24, 2.45) is 0 Å². The zero-order chi connectivity index (χ0) is 14.1. The van der Waals surface area contributed by atoms with Crippen molar-refractivity contribution in [3.63, 3.8) is 0 Å². The first-order valence-electron chi connectivity index (χ1n) is 6.81. The molecule has 2 N–H and O–H groups in total. The molecule has 0 unspecified atom stereocenters. The van der Waals surface area contributed by atoms with Gasteiger partial charge in [-0.3, -0.25) is 4.98 Å². The van der Waals surface area contributed by atoms with Crippen molar-refractivity contribution < 1.29 is 0 Å². The van der Waals surface area contributed by atoms with E-state index in [0.29, 0.717) is 5.82 Å². The maximum atomic E-state index is 5.81. The number of pyridine rings is 2. The summed E-state index contributed by atoms with van der Waals surface area (Å²) in [5.74, 6) is 0.566. The Kier molecular flexibility index (Phi) is 4.43. The standard InChI is InChI=1S/C17H17N3.ClH/c1-3-14-13(8-9-15(18)20-14)16-11(2)6-7-12-5-4-10-19-17(12)16;/h4-10H,3H2,1-2H3,(H2,18,20);1H. The van der Waals surface area contributed by atoms with E-state index < -0.39 is 0 Å². The van der Waals surface area contributed by atoms with E-state index in [9.17, 15) is 0 Å². The monoisotopic (exact) mass is 299 g/mol. The van der Waals surface area contributed by atoms with Crippen LogP contribution in [0.15, 0.2) is 42.6 Å². The second kappa shape index (κ2) is 6.10. The summed E-state index contributed by atoms with van der Waals surface area (Å²) >= 11 is 0. The predicted octanol–water partition coefficient (Wildman–Crippen LogP) is 4.17. The minimum atomic E-state index is 0. The highest BCUT2D eigenvalue weighted by Crippen LogP contribution is 2.32. The molecule has 0 aliphatic heterocycles. The first kappa shape index (κ1) is 15.3. The molecule has 4 heteroatoms. The van der Waals surface area contributed by atoms with Crippen LogP contribution < -0.4 is 5.73 Å². The van der Waals surface area contributed by atoms with Gasteiger partial charge in [-0.1, -0.05) is 25.1 Å². The molecule has 2 aromatic heterocycles. The van der Waals surface area contributed by atoms with Crippen LogP contribution >= 0.6 is 12.4 Å². The number of aryl methyl sites for hydroxylation is 2. The first-order valence-corrected chi connectivity index (χ1v) is 6.81. The van der Waals surface area contributed by atoms with E-state index in [4.69, 9.17) is 5.73 Å². The molecule has 0 aliphatic carbocycles. The van der Waals surface area contributed by atoms with Crippen LogP contribution in [-0.2, 0) is 6.42 Å². The lowest BCUT2D eigenvalue weighted by Gasteiger charge is -2.13. The van der Waals surface area contributed by atoms with E-state index in [2.05, 4.69) is 48.1 Å². The molecule has 0 saturated heterocycles. The van der Waals surface area contributed by atoms with Crippen LogP contribution in [0.3, 0.4) is 0 Å². The number of benzene rings is 1. The Bertz CT molecular complexity index is 784.